The maximum atomic E-state index is 6.24. The van der Waals surface area contributed by atoms with Crippen molar-refractivity contribution in [3.63, 3.8) is 0 Å². The average Bonchev–Trinajstić information content (AvgIpc) is 2.19. The first kappa shape index (κ1) is 11.3. The highest BCUT2D eigenvalue weighted by molar-refractivity contribution is 6.34. The third kappa shape index (κ3) is 1.69. The summed E-state index contributed by atoms with van der Waals surface area (Å²) in [6.45, 7) is 10.2. The van der Waals surface area contributed by atoms with Crippen LogP contribution in [0.4, 0.5) is 5.69 Å². The topological polar surface area (TPSA) is 12.4 Å². The molecule has 0 N–H and O–H groups in total. The lowest BCUT2D eigenvalue weighted by molar-refractivity contribution is 1.21. The molecule has 0 spiro atoms. The lowest BCUT2D eigenvalue weighted by Crippen LogP contribution is -1.93. The van der Waals surface area contributed by atoms with Gasteiger partial charge in [0.05, 0.1) is 10.7 Å². The van der Waals surface area contributed by atoms with Crippen molar-refractivity contribution in [2.45, 2.75) is 34.6 Å². The van der Waals surface area contributed by atoms with Crippen molar-refractivity contribution in [2.75, 3.05) is 0 Å². The Kier molecular flexibility index (Phi) is 3.33. The minimum atomic E-state index is 0.781. The minimum Gasteiger partial charge on any atom is -0.260 e. The maximum absolute atomic E-state index is 6.24. The molecule has 0 fully saturated rings. The molecule has 0 saturated carbocycles. The van der Waals surface area contributed by atoms with Crippen LogP contribution >= 0.6 is 11.6 Å². The Hall–Kier alpha value is -0.820. The van der Waals surface area contributed by atoms with E-state index in [9.17, 15) is 0 Å². The highest BCUT2D eigenvalue weighted by Gasteiger charge is 2.12. The van der Waals surface area contributed by atoms with Gasteiger partial charge in [-0.3, -0.25) is 4.99 Å². The van der Waals surface area contributed by atoms with Gasteiger partial charge < -0.3 is 0 Å². The van der Waals surface area contributed by atoms with Crippen LogP contribution in [0.25, 0.3) is 0 Å². The molecule has 1 aromatic rings. The van der Waals surface area contributed by atoms with Crippen molar-refractivity contribution in [2.24, 2.45) is 4.99 Å². The molecule has 2 heteroatoms. The number of rotatable bonds is 1. The largest absolute Gasteiger partial charge is 0.260 e. The number of aliphatic imine (C=N–C) groups is 1. The van der Waals surface area contributed by atoms with Crippen molar-refractivity contribution < 1.29 is 0 Å². The standard InChI is InChI=1S/C12H16ClN/c1-6-14-12-10(5)8(3)7(2)9(4)11(12)13/h6H,1-5H3. The molecule has 0 aliphatic rings. The third-order valence-corrected chi connectivity index (χ3v) is 3.30. The monoisotopic (exact) mass is 209 g/mol. The van der Waals surface area contributed by atoms with E-state index in [-0.39, 0.29) is 0 Å². The molecule has 1 aromatic carbocycles. The van der Waals surface area contributed by atoms with Gasteiger partial charge in [0.15, 0.2) is 0 Å². The summed E-state index contributed by atoms with van der Waals surface area (Å²) in [5, 5.41) is 0.781. The molecule has 0 amide bonds. The summed E-state index contributed by atoms with van der Waals surface area (Å²) >= 11 is 6.24. The summed E-state index contributed by atoms with van der Waals surface area (Å²) in [6, 6.07) is 0. The number of halogens is 1. The predicted octanol–water partition coefficient (Wildman–Crippen LogP) is 4.30. The molecule has 1 rings (SSSR count). The SMILES string of the molecule is CC=Nc1c(C)c(C)c(C)c(C)c1Cl. The second kappa shape index (κ2) is 4.14. The fraction of sp³-hybridized carbons (Fsp3) is 0.417. The van der Waals surface area contributed by atoms with Crippen LogP contribution < -0.4 is 0 Å². The molecule has 1 nitrogen and oxygen atoms in total. The Bertz CT molecular complexity index is 363. The van der Waals surface area contributed by atoms with Crippen LogP contribution in [0, 0.1) is 27.7 Å². The zero-order chi connectivity index (χ0) is 10.9. The number of hydrogen-bond acceptors (Lipinski definition) is 1. The van der Waals surface area contributed by atoms with Crippen LogP contribution in [-0.4, -0.2) is 6.21 Å². The second-order valence-electron chi connectivity index (χ2n) is 3.55. The zero-order valence-corrected chi connectivity index (χ0v) is 10.2. The minimum absolute atomic E-state index is 0.781. The summed E-state index contributed by atoms with van der Waals surface area (Å²) in [5.74, 6) is 0. The van der Waals surface area contributed by atoms with Crippen molar-refractivity contribution in [3.8, 4) is 0 Å². The molecule has 0 aliphatic heterocycles. The van der Waals surface area contributed by atoms with Gasteiger partial charge in [-0.2, -0.15) is 0 Å². The van der Waals surface area contributed by atoms with E-state index in [1.807, 2.05) is 13.8 Å². The molecular weight excluding hydrogens is 194 g/mol. The van der Waals surface area contributed by atoms with Crippen LogP contribution in [0.5, 0.6) is 0 Å². The van der Waals surface area contributed by atoms with Crippen LogP contribution in [0.2, 0.25) is 5.02 Å². The van der Waals surface area contributed by atoms with E-state index in [1.54, 1.807) is 6.21 Å². The van der Waals surface area contributed by atoms with Gasteiger partial charge >= 0.3 is 0 Å². The average molecular weight is 210 g/mol. The van der Waals surface area contributed by atoms with Gasteiger partial charge in [0.25, 0.3) is 0 Å². The lowest BCUT2D eigenvalue weighted by Gasteiger charge is -2.13. The van der Waals surface area contributed by atoms with E-state index in [2.05, 4.69) is 25.8 Å². The smallest absolute Gasteiger partial charge is 0.0846 e. The molecule has 0 aliphatic carbocycles. The maximum Gasteiger partial charge on any atom is 0.0846 e. The zero-order valence-electron chi connectivity index (χ0n) is 9.40. The normalized spacial score (nSPS) is 11.3. The van der Waals surface area contributed by atoms with Gasteiger partial charge in [0, 0.05) is 6.21 Å². The first-order chi connectivity index (χ1) is 6.50. The van der Waals surface area contributed by atoms with Gasteiger partial charge in [-0.15, -0.1) is 0 Å². The van der Waals surface area contributed by atoms with Gasteiger partial charge in [-0.05, 0) is 56.9 Å². The molecule has 0 bridgehead atoms. The van der Waals surface area contributed by atoms with Crippen LogP contribution in [0.1, 0.15) is 29.2 Å². The van der Waals surface area contributed by atoms with E-state index in [0.717, 1.165) is 16.3 Å². The van der Waals surface area contributed by atoms with Crippen LogP contribution in [0.15, 0.2) is 4.99 Å². The fourth-order valence-corrected chi connectivity index (χ4v) is 1.86. The van der Waals surface area contributed by atoms with E-state index in [0.29, 0.717) is 0 Å². The highest BCUT2D eigenvalue weighted by atomic mass is 35.5. The number of benzene rings is 1. The van der Waals surface area contributed by atoms with Gasteiger partial charge in [-0.1, -0.05) is 11.6 Å². The first-order valence-corrected chi connectivity index (χ1v) is 5.13. The van der Waals surface area contributed by atoms with E-state index >= 15 is 0 Å². The molecule has 0 heterocycles. The third-order valence-electron chi connectivity index (χ3n) is 2.84. The lowest BCUT2D eigenvalue weighted by atomic mass is 9.98. The summed E-state index contributed by atoms with van der Waals surface area (Å²) in [6.07, 6.45) is 1.78. The predicted molar refractivity (Wildman–Crippen MR) is 64.2 cm³/mol. The molecule has 0 unspecified atom stereocenters. The fourth-order valence-electron chi connectivity index (χ4n) is 1.53. The van der Waals surface area contributed by atoms with E-state index < -0.39 is 0 Å². The van der Waals surface area contributed by atoms with Gasteiger partial charge in [0.2, 0.25) is 0 Å². The van der Waals surface area contributed by atoms with Crippen LogP contribution in [0.3, 0.4) is 0 Å². The summed E-state index contributed by atoms with van der Waals surface area (Å²) in [4.78, 5) is 4.31. The van der Waals surface area contributed by atoms with Gasteiger partial charge in [-0.25, -0.2) is 0 Å². The Labute approximate surface area is 90.8 Å². The summed E-state index contributed by atoms with van der Waals surface area (Å²) < 4.78 is 0. The second-order valence-corrected chi connectivity index (χ2v) is 3.93. The Morgan fingerprint density at radius 1 is 0.929 bits per heavy atom. The molecule has 0 radical (unpaired) electrons. The Balaban J connectivity index is 3.59. The molecule has 0 aromatic heterocycles. The van der Waals surface area contributed by atoms with Crippen molar-refractivity contribution in [3.05, 3.63) is 27.3 Å². The quantitative estimate of drug-likeness (QED) is 0.612. The van der Waals surface area contributed by atoms with Crippen molar-refractivity contribution in [1.29, 1.82) is 0 Å². The molecule has 0 saturated heterocycles. The molecular formula is C12H16ClN. The highest BCUT2D eigenvalue weighted by Crippen LogP contribution is 2.36. The Morgan fingerprint density at radius 2 is 1.43 bits per heavy atom. The molecule has 76 valence electrons. The summed E-state index contributed by atoms with van der Waals surface area (Å²) in [5.41, 5.74) is 5.77. The number of hydrogen-bond donors (Lipinski definition) is 0. The van der Waals surface area contributed by atoms with E-state index in [1.165, 1.54) is 16.7 Å². The van der Waals surface area contributed by atoms with Crippen LogP contribution in [-0.2, 0) is 0 Å². The van der Waals surface area contributed by atoms with Gasteiger partial charge in [0.1, 0.15) is 0 Å². The molecule has 14 heavy (non-hydrogen) atoms. The molecule has 0 atom stereocenters. The Morgan fingerprint density at radius 3 is 1.93 bits per heavy atom. The summed E-state index contributed by atoms with van der Waals surface area (Å²) in [7, 11) is 0. The van der Waals surface area contributed by atoms with Crippen molar-refractivity contribution in [1.82, 2.24) is 0 Å². The number of nitrogens with zero attached hydrogens (tertiary/aromatic N) is 1. The first-order valence-electron chi connectivity index (χ1n) is 4.75. The van der Waals surface area contributed by atoms with E-state index in [4.69, 9.17) is 11.6 Å². The van der Waals surface area contributed by atoms with Crippen molar-refractivity contribution >= 4 is 23.5 Å².